The van der Waals surface area contributed by atoms with E-state index in [4.69, 9.17) is 10.2 Å². The number of H-pyrrole nitrogens is 2. The highest BCUT2D eigenvalue weighted by Gasteiger charge is 2.13. The summed E-state index contributed by atoms with van der Waals surface area (Å²) in [6.07, 6.45) is 7.69. The van der Waals surface area contributed by atoms with Crippen LogP contribution in [-0.2, 0) is 0 Å². The molecule has 278 valence electrons. The number of carbonyl (C=O) groups is 4. The molecule has 0 aliphatic heterocycles. The Morgan fingerprint density at radius 3 is 0.907 bits per heavy atom. The number of pyridine rings is 2. The molecule has 0 radical (unpaired) electrons. The van der Waals surface area contributed by atoms with Gasteiger partial charge >= 0.3 is 11.9 Å². The average molecular weight is 805 g/mol. The van der Waals surface area contributed by atoms with Crippen molar-refractivity contribution in [3.8, 4) is 11.1 Å². The van der Waals surface area contributed by atoms with Gasteiger partial charge in [-0.1, -0.05) is 104 Å². The smallest absolute Gasteiger partial charge is 0.336 e. The summed E-state index contributed by atoms with van der Waals surface area (Å²) in [7, 11) is 4.79. The molecular weight excluding hydrogens is 773 g/mol. The molecule has 0 saturated heterocycles. The van der Waals surface area contributed by atoms with Crippen LogP contribution in [0.15, 0.2) is 166 Å². The molecule has 0 aliphatic rings. The highest BCUT2D eigenvalue weighted by atomic mass is 33.1. The summed E-state index contributed by atoms with van der Waals surface area (Å²) in [4.78, 5) is 52.3. The summed E-state index contributed by atoms with van der Waals surface area (Å²) in [5.41, 5.74) is 3.02. The summed E-state index contributed by atoms with van der Waals surface area (Å²) >= 11 is 0. The van der Waals surface area contributed by atoms with E-state index < -0.39 is 23.9 Å². The number of hydrogen-bond acceptors (Lipinski definition) is 10. The molecule has 0 saturated carbocycles. The maximum absolute atomic E-state index is 11.1. The first-order chi connectivity index (χ1) is 25.2. The minimum absolute atomic E-state index is 0. The van der Waals surface area contributed by atoms with Crippen LogP contribution in [0.5, 0.6) is 0 Å². The molecule has 12 nitrogen and oxygen atoms in total. The fraction of sp³-hybridized carbons (Fsp3) is 0. The van der Waals surface area contributed by atoms with Gasteiger partial charge in [-0.25, -0.2) is 19.6 Å². The molecule has 0 aliphatic carbocycles. The number of benzene rings is 4. The topological polar surface area (TPSA) is 246 Å². The van der Waals surface area contributed by atoms with E-state index in [0.29, 0.717) is 19.6 Å². The summed E-state index contributed by atoms with van der Waals surface area (Å²) in [5.74, 6) is -4.52. The molecule has 6 rings (SSSR count). The van der Waals surface area contributed by atoms with Gasteiger partial charge in [-0.3, -0.25) is 0 Å². The van der Waals surface area contributed by atoms with Crippen molar-refractivity contribution in [1.29, 1.82) is 0 Å². The lowest BCUT2D eigenvalue weighted by Crippen LogP contribution is -2.22. The first kappa shape index (κ1) is 44.5. The minimum atomic E-state index is -1.25. The summed E-state index contributed by atoms with van der Waals surface area (Å²) in [5, 5.41) is 40.1. The molecule has 0 fully saturated rings. The largest absolute Gasteiger partial charge is 0.545 e. The monoisotopic (exact) mass is 804 g/mol. The van der Waals surface area contributed by atoms with Crippen LogP contribution in [0.25, 0.3) is 11.1 Å². The van der Waals surface area contributed by atoms with Crippen LogP contribution in [0.4, 0.5) is 0 Å². The van der Waals surface area contributed by atoms with Gasteiger partial charge in [-0.2, -0.15) is 0 Å². The lowest BCUT2D eigenvalue weighted by atomic mass is 10.1. The lowest BCUT2D eigenvalue weighted by molar-refractivity contribution is -0.378. The van der Waals surface area contributed by atoms with E-state index >= 15 is 0 Å². The molecule has 0 spiro atoms. The molecule has 0 bridgehead atoms. The average Bonchev–Trinajstić information content (AvgIpc) is 3.17. The summed E-state index contributed by atoms with van der Waals surface area (Å²) in [6.45, 7) is 0. The third-order valence-electron chi connectivity index (χ3n) is 6.66. The van der Waals surface area contributed by atoms with Gasteiger partial charge in [0.05, 0.1) is 23.1 Å². The van der Waals surface area contributed by atoms with Crippen molar-refractivity contribution in [2.75, 3.05) is 0 Å². The van der Waals surface area contributed by atoms with Crippen molar-refractivity contribution in [1.82, 2.24) is 0 Å². The molecule has 2 heterocycles. The van der Waals surface area contributed by atoms with Gasteiger partial charge in [-0.15, -0.1) is 0 Å². The number of aromatic carboxylic acids is 4. The number of carboxylic acids is 4. The normalized spacial score (nSPS) is 9.70. The molecule has 54 heavy (non-hydrogen) atoms. The molecular formula is C38H32N2O10S4. The second kappa shape index (κ2) is 23.1. The Kier molecular flexibility index (Phi) is 19.1. The van der Waals surface area contributed by atoms with Crippen molar-refractivity contribution in [3.05, 3.63) is 168 Å². The molecule has 4 aromatic carbocycles. The Labute approximate surface area is 325 Å². The predicted octanol–water partition coefficient (Wildman–Crippen LogP) is 4.43. The molecule has 2 aromatic heterocycles. The molecule has 6 aromatic rings. The van der Waals surface area contributed by atoms with Crippen LogP contribution >= 0.6 is 43.2 Å². The minimum Gasteiger partial charge on any atom is -0.545 e. The Morgan fingerprint density at radius 1 is 0.407 bits per heavy atom. The van der Waals surface area contributed by atoms with Gasteiger partial charge in [0.15, 0.2) is 24.8 Å². The van der Waals surface area contributed by atoms with E-state index in [1.165, 1.54) is 78.6 Å². The predicted molar refractivity (Wildman–Crippen MR) is 204 cm³/mol. The third kappa shape index (κ3) is 13.4. The van der Waals surface area contributed by atoms with Crippen molar-refractivity contribution in [2.45, 2.75) is 19.6 Å². The standard InChI is InChI=1S/2C14H10O4S2.C10H8N2.2H2O/c2*15-13(16)9-5-1-3-7-11(9)19-20-12-8-4-2-6-10(12)14(17)18;1-5-11-6-2-9(1)10-3-7-12-8-4-10;;/h2*1-8H,(H,15,16)(H,17,18);1-8H;2*1H2. The van der Waals surface area contributed by atoms with Crippen LogP contribution < -0.4 is 20.2 Å². The Balaban J connectivity index is 0.000000283. The van der Waals surface area contributed by atoms with E-state index in [2.05, 4.69) is 34.2 Å². The fourth-order valence-electron chi connectivity index (χ4n) is 4.19. The number of aromatic amines is 2. The fourth-order valence-corrected chi connectivity index (χ4v) is 8.88. The van der Waals surface area contributed by atoms with Crippen molar-refractivity contribution < 1.29 is 60.5 Å². The number of aromatic nitrogens is 2. The Hall–Kier alpha value is -5.62. The van der Waals surface area contributed by atoms with Crippen molar-refractivity contribution in [2.24, 2.45) is 0 Å². The van der Waals surface area contributed by atoms with Crippen LogP contribution in [0, 0.1) is 0 Å². The lowest BCUT2D eigenvalue weighted by Gasteiger charge is -2.09. The molecule has 0 amide bonds. The number of carbonyl (C=O) groups excluding carboxylic acids is 2. The molecule has 0 unspecified atom stereocenters. The molecule has 16 heteroatoms. The van der Waals surface area contributed by atoms with Gasteiger partial charge < -0.3 is 41.0 Å². The zero-order valence-electron chi connectivity index (χ0n) is 27.8. The Bertz CT molecular complexity index is 1870. The second-order valence-corrected chi connectivity index (χ2v) is 14.5. The van der Waals surface area contributed by atoms with E-state index in [-0.39, 0.29) is 33.2 Å². The first-order valence-corrected chi connectivity index (χ1v) is 19.3. The number of carboxylic acid groups (broad SMARTS) is 4. The SMILES string of the molecule is O.O.O=C([O-])c1ccccc1SSc1ccccc1C(=O)O.O=C([O-])c1ccccc1SSc1ccccc1C(=O)O.c1cc(-c2cc[nH+]cc2)cc[nH+]1. The van der Waals surface area contributed by atoms with Gasteiger partial charge in [0.25, 0.3) is 0 Å². The van der Waals surface area contributed by atoms with Crippen molar-refractivity contribution >= 4 is 67.1 Å². The van der Waals surface area contributed by atoms with E-state index in [9.17, 15) is 29.4 Å². The zero-order chi connectivity index (χ0) is 37.3. The van der Waals surface area contributed by atoms with E-state index in [0.717, 1.165) is 0 Å². The highest BCUT2D eigenvalue weighted by Crippen LogP contribution is 2.41. The second-order valence-electron chi connectivity index (χ2n) is 10.1. The zero-order valence-corrected chi connectivity index (χ0v) is 31.1. The van der Waals surface area contributed by atoms with Crippen molar-refractivity contribution in [3.63, 3.8) is 0 Å². The maximum Gasteiger partial charge on any atom is 0.336 e. The Morgan fingerprint density at radius 2 is 0.648 bits per heavy atom. The quantitative estimate of drug-likeness (QED) is 0.173. The summed E-state index contributed by atoms with van der Waals surface area (Å²) in [6, 6.07) is 34.3. The van der Waals surface area contributed by atoms with Crippen LogP contribution in [0.2, 0.25) is 0 Å². The van der Waals surface area contributed by atoms with Gasteiger partial charge in [0, 0.05) is 55.0 Å². The molecule has 0 atom stereocenters. The summed E-state index contributed by atoms with van der Waals surface area (Å²) < 4.78 is 0. The third-order valence-corrected chi connectivity index (χ3v) is 11.6. The van der Waals surface area contributed by atoms with E-state index in [1.54, 1.807) is 72.8 Å². The molecule has 8 N–H and O–H groups in total. The number of nitrogens with one attached hydrogen (secondary N) is 2. The van der Waals surface area contributed by atoms with Gasteiger partial charge in [0.2, 0.25) is 0 Å². The van der Waals surface area contributed by atoms with Gasteiger partial charge in [0.1, 0.15) is 0 Å². The number of hydrogen-bond donors (Lipinski definition) is 2. The van der Waals surface area contributed by atoms with Crippen LogP contribution in [0.1, 0.15) is 41.4 Å². The maximum atomic E-state index is 11.1. The highest BCUT2D eigenvalue weighted by molar-refractivity contribution is 8.77. The van der Waals surface area contributed by atoms with Gasteiger partial charge in [-0.05, 0) is 47.5 Å². The van der Waals surface area contributed by atoms with Crippen LogP contribution in [-0.4, -0.2) is 45.0 Å². The number of rotatable bonds is 11. The first-order valence-electron chi connectivity index (χ1n) is 15.0. The van der Waals surface area contributed by atoms with E-state index in [1.807, 2.05) is 24.8 Å². The van der Waals surface area contributed by atoms with Crippen LogP contribution in [0.3, 0.4) is 0 Å².